The van der Waals surface area contributed by atoms with E-state index in [-0.39, 0.29) is 11.7 Å². The van der Waals surface area contributed by atoms with Crippen molar-refractivity contribution >= 4 is 5.78 Å². The number of carbonyl (C=O) groups excluding carboxylic acids is 1. The van der Waals surface area contributed by atoms with Gasteiger partial charge in [0.25, 0.3) is 0 Å². The Morgan fingerprint density at radius 2 is 2.17 bits per heavy atom. The highest BCUT2D eigenvalue weighted by molar-refractivity contribution is 5.80. The van der Waals surface area contributed by atoms with Crippen LogP contribution < -0.4 is 0 Å². The molecule has 0 saturated heterocycles. The highest BCUT2D eigenvalue weighted by atomic mass is 16.3. The molecule has 1 aromatic carbocycles. The van der Waals surface area contributed by atoms with Gasteiger partial charge in [0.2, 0.25) is 0 Å². The molecule has 1 aliphatic rings. The van der Waals surface area contributed by atoms with Crippen LogP contribution in [0.4, 0.5) is 0 Å². The molecule has 0 aromatic heterocycles. The number of phenols is 1. The van der Waals surface area contributed by atoms with Gasteiger partial charge in [-0.05, 0) is 50.0 Å². The van der Waals surface area contributed by atoms with E-state index in [2.05, 4.69) is 19.0 Å². The second kappa shape index (κ2) is 5.53. The van der Waals surface area contributed by atoms with Crippen LogP contribution in [-0.2, 0) is 4.79 Å². The number of ketones is 1. The third kappa shape index (κ3) is 3.10. The van der Waals surface area contributed by atoms with E-state index in [1.54, 1.807) is 12.1 Å². The second-order valence-corrected chi connectivity index (χ2v) is 5.51. The summed E-state index contributed by atoms with van der Waals surface area (Å²) in [5.74, 6) is 1.38. The summed E-state index contributed by atoms with van der Waals surface area (Å²) < 4.78 is 0. The third-order valence-electron chi connectivity index (χ3n) is 3.71. The lowest BCUT2D eigenvalue weighted by Crippen LogP contribution is -2.31. The average molecular weight is 247 g/mol. The van der Waals surface area contributed by atoms with Crippen molar-refractivity contribution in [1.82, 2.24) is 4.90 Å². The van der Waals surface area contributed by atoms with Crippen molar-refractivity contribution in [3.8, 4) is 5.75 Å². The van der Waals surface area contributed by atoms with Gasteiger partial charge < -0.3 is 10.0 Å². The maximum atomic E-state index is 11.7. The first-order valence-electron chi connectivity index (χ1n) is 6.51. The number of Topliss-reactive ketones (excluding diaryl/α,β-unsaturated/α-hetero) is 1. The topological polar surface area (TPSA) is 40.5 Å². The summed E-state index contributed by atoms with van der Waals surface area (Å²) in [6, 6.07) is 7.35. The molecule has 1 saturated carbocycles. The summed E-state index contributed by atoms with van der Waals surface area (Å²) in [4.78, 5) is 13.9. The van der Waals surface area contributed by atoms with Gasteiger partial charge in [-0.25, -0.2) is 0 Å². The van der Waals surface area contributed by atoms with E-state index in [0.29, 0.717) is 24.5 Å². The van der Waals surface area contributed by atoms with Crippen LogP contribution in [0.3, 0.4) is 0 Å². The summed E-state index contributed by atoms with van der Waals surface area (Å²) in [7, 11) is 4.13. The number of hydrogen-bond acceptors (Lipinski definition) is 3. The molecule has 0 radical (unpaired) electrons. The fourth-order valence-corrected chi connectivity index (χ4v) is 2.89. The zero-order valence-electron chi connectivity index (χ0n) is 11.1. The van der Waals surface area contributed by atoms with E-state index in [1.807, 2.05) is 12.1 Å². The molecular formula is C15H21NO2. The van der Waals surface area contributed by atoms with Crippen molar-refractivity contribution in [3.05, 3.63) is 29.8 Å². The van der Waals surface area contributed by atoms with Gasteiger partial charge in [0, 0.05) is 19.4 Å². The average Bonchev–Trinajstić information content (AvgIpc) is 2.31. The normalized spacial score (nSPS) is 24.5. The van der Waals surface area contributed by atoms with E-state index < -0.39 is 0 Å². The Morgan fingerprint density at radius 3 is 2.83 bits per heavy atom. The maximum Gasteiger partial charge on any atom is 0.133 e. The molecule has 2 rings (SSSR count). The number of phenolic OH excluding ortho intramolecular Hbond substituents is 1. The highest BCUT2D eigenvalue weighted by Crippen LogP contribution is 2.37. The number of benzene rings is 1. The molecule has 1 fully saturated rings. The molecule has 3 nitrogen and oxygen atoms in total. The van der Waals surface area contributed by atoms with Crippen molar-refractivity contribution < 1.29 is 9.90 Å². The largest absolute Gasteiger partial charge is 0.508 e. The molecule has 1 unspecified atom stereocenters. The molecule has 2 atom stereocenters. The van der Waals surface area contributed by atoms with Crippen LogP contribution in [0.25, 0.3) is 0 Å². The predicted molar refractivity (Wildman–Crippen MR) is 71.7 cm³/mol. The molecule has 0 aliphatic heterocycles. The minimum Gasteiger partial charge on any atom is -0.508 e. The lowest BCUT2D eigenvalue weighted by molar-refractivity contribution is -0.121. The van der Waals surface area contributed by atoms with E-state index in [9.17, 15) is 9.90 Å². The van der Waals surface area contributed by atoms with E-state index >= 15 is 0 Å². The number of hydrogen-bond donors (Lipinski definition) is 1. The van der Waals surface area contributed by atoms with Crippen LogP contribution in [0, 0.1) is 5.92 Å². The monoisotopic (exact) mass is 247 g/mol. The fourth-order valence-electron chi connectivity index (χ4n) is 2.89. The van der Waals surface area contributed by atoms with Crippen LogP contribution in [0.1, 0.15) is 30.7 Å². The Morgan fingerprint density at radius 1 is 1.39 bits per heavy atom. The highest BCUT2D eigenvalue weighted by Gasteiger charge is 2.30. The van der Waals surface area contributed by atoms with E-state index in [1.165, 1.54) is 0 Å². The number of carbonyl (C=O) groups is 1. The van der Waals surface area contributed by atoms with Gasteiger partial charge in [0.05, 0.1) is 0 Å². The van der Waals surface area contributed by atoms with Gasteiger partial charge in [-0.15, -0.1) is 0 Å². The van der Waals surface area contributed by atoms with Crippen molar-refractivity contribution in [2.75, 3.05) is 20.6 Å². The van der Waals surface area contributed by atoms with Crippen LogP contribution in [-0.4, -0.2) is 36.4 Å². The summed E-state index contributed by atoms with van der Waals surface area (Å²) in [5.41, 5.74) is 1.09. The molecule has 98 valence electrons. The van der Waals surface area contributed by atoms with Crippen molar-refractivity contribution in [2.24, 2.45) is 5.92 Å². The minimum atomic E-state index is 0.251. The van der Waals surface area contributed by atoms with Gasteiger partial charge in [-0.3, -0.25) is 4.79 Å². The number of aromatic hydroxyl groups is 1. The lowest BCUT2D eigenvalue weighted by Gasteiger charge is -2.33. The summed E-state index contributed by atoms with van der Waals surface area (Å²) in [6.45, 7) is 0.994. The first kappa shape index (κ1) is 13.1. The van der Waals surface area contributed by atoms with Crippen molar-refractivity contribution in [3.63, 3.8) is 0 Å². The molecule has 18 heavy (non-hydrogen) atoms. The van der Waals surface area contributed by atoms with Crippen LogP contribution in [0.2, 0.25) is 0 Å². The molecule has 3 heteroatoms. The van der Waals surface area contributed by atoms with Gasteiger partial charge in [0.1, 0.15) is 11.5 Å². The smallest absolute Gasteiger partial charge is 0.133 e. The van der Waals surface area contributed by atoms with Crippen LogP contribution in [0.15, 0.2) is 24.3 Å². The first-order valence-corrected chi connectivity index (χ1v) is 6.51. The Hall–Kier alpha value is -1.35. The molecule has 1 aromatic rings. The SMILES string of the molecule is CN(C)CC1CCC(=O)C[C@@H]1c1cccc(O)c1. The lowest BCUT2D eigenvalue weighted by atomic mass is 9.74. The quantitative estimate of drug-likeness (QED) is 0.891. The summed E-state index contributed by atoms with van der Waals surface area (Å²) in [6.07, 6.45) is 2.27. The van der Waals surface area contributed by atoms with E-state index in [0.717, 1.165) is 18.5 Å². The van der Waals surface area contributed by atoms with Gasteiger partial charge in [0.15, 0.2) is 0 Å². The Bertz CT molecular complexity index is 428. The molecule has 0 spiro atoms. The summed E-state index contributed by atoms with van der Waals surface area (Å²) in [5, 5.41) is 9.58. The third-order valence-corrected chi connectivity index (χ3v) is 3.71. The van der Waals surface area contributed by atoms with Crippen molar-refractivity contribution in [1.29, 1.82) is 0 Å². The standard InChI is InChI=1S/C15H21NO2/c1-16(2)10-12-6-7-14(18)9-15(12)11-4-3-5-13(17)8-11/h3-5,8,12,15,17H,6-7,9-10H2,1-2H3/t12?,15-/m1/s1. The zero-order chi connectivity index (χ0) is 13.1. The molecule has 1 N–H and O–H groups in total. The zero-order valence-corrected chi connectivity index (χ0v) is 11.1. The van der Waals surface area contributed by atoms with Crippen molar-refractivity contribution in [2.45, 2.75) is 25.2 Å². The maximum absolute atomic E-state index is 11.7. The van der Waals surface area contributed by atoms with Crippen LogP contribution >= 0.6 is 0 Å². The number of rotatable bonds is 3. The fraction of sp³-hybridized carbons (Fsp3) is 0.533. The summed E-state index contributed by atoms with van der Waals surface area (Å²) >= 11 is 0. The number of nitrogens with zero attached hydrogens (tertiary/aromatic N) is 1. The molecule has 1 aliphatic carbocycles. The molecule has 0 heterocycles. The minimum absolute atomic E-state index is 0.251. The predicted octanol–water partition coefficient (Wildman–Crippen LogP) is 2.41. The van der Waals surface area contributed by atoms with Gasteiger partial charge >= 0.3 is 0 Å². The Balaban J connectivity index is 2.22. The van der Waals surface area contributed by atoms with E-state index in [4.69, 9.17) is 0 Å². The molecule has 0 amide bonds. The molecular weight excluding hydrogens is 226 g/mol. The van der Waals surface area contributed by atoms with Gasteiger partial charge in [-0.2, -0.15) is 0 Å². The van der Waals surface area contributed by atoms with Gasteiger partial charge in [-0.1, -0.05) is 12.1 Å². The molecule has 0 bridgehead atoms. The first-order chi connectivity index (χ1) is 8.56. The second-order valence-electron chi connectivity index (χ2n) is 5.51. The van der Waals surface area contributed by atoms with Crippen LogP contribution in [0.5, 0.6) is 5.75 Å². The Kier molecular flexibility index (Phi) is 4.02. The Labute approximate surface area is 108 Å².